The van der Waals surface area contributed by atoms with Crippen molar-refractivity contribution in [1.29, 1.82) is 0 Å². The lowest BCUT2D eigenvalue weighted by Gasteiger charge is -2.23. The molecule has 1 aliphatic carbocycles. The van der Waals surface area contributed by atoms with E-state index in [1.165, 1.54) is 24.1 Å². The van der Waals surface area contributed by atoms with Gasteiger partial charge in [-0.2, -0.15) is 10.2 Å². The molecule has 2 heterocycles. The van der Waals surface area contributed by atoms with Gasteiger partial charge in [0.05, 0.1) is 12.2 Å². The topological polar surface area (TPSA) is 66.8 Å². The highest BCUT2D eigenvalue weighted by Crippen LogP contribution is 2.23. The number of likely N-dealkylation sites (N-methyl/N-ethyl adjacent to an activating group) is 1. The van der Waals surface area contributed by atoms with Gasteiger partial charge in [0, 0.05) is 25.1 Å². The van der Waals surface area contributed by atoms with Crippen LogP contribution < -0.4 is 0 Å². The van der Waals surface area contributed by atoms with Crippen molar-refractivity contribution in [2.24, 2.45) is 0 Å². The number of H-pyrrole nitrogens is 1. The predicted molar refractivity (Wildman–Crippen MR) is 83.3 cm³/mol. The van der Waals surface area contributed by atoms with Crippen molar-refractivity contribution in [1.82, 2.24) is 24.9 Å². The van der Waals surface area contributed by atoms with Crippen molar-refractivity contribution in [3.63, 3.8) is 0 Å². The summed E-state index contributed by atoms with van der Waals surface area (Å²) in [5.41, 5.74) is 3.58. The molecule has 0 saturated carbocycles. The molecular weight excluding hydrogens is 278 g/mol. The van der Waals surface area contributed by atoms with Gasteiger partial charge in [-0.15, -0.1) is 0 Å². The standard InChI is InChI=1S/C16H23N5O/c1-3-15(21-10-6-9-17-21)16(22)20(2)11-14-12-7-4-5-8-13(12)18-19-14/h6,9-10,15H,3-5,7-8,11H2,1-2H3,(H,18,19). The van der Waals surface area contributed by atoms with Crippen LogP contribution in [0.1, 0.15) is 49.2 Å². The lowest BCUT2D eigenvalue weighted by atomic mass is 9.96. The Kier molecular flexibility index (Phi) is 4.27. The number of hydrogen-bond donors (Lipinski definition) is 1. The summed E-state index contributed by atoms with van der Waals surface area (Å²) in [4.78, 5) is 14.5. The summed E-state index contributed by atoms with van der Waals surface area (Å²) in [7, 11) is 1.85. The van der Waals surface area contributed by atoms with E-state index in [0.717, 1.165) is 25.0 Å². The molecule has 118 valence electrons. The van der Waals surface area contributed by atoms with Crippen LogP contribution in [-0.4, -0.2) is 37.8 Å². The fourth-order valence-electron chi connectivity index (χ4n) is 3.18. The minimum atomic E-state index is -0.241. The van der Waals surface area contributed by atoms with Crippen LogP contribution in [0.3, 0.4) is 0 Å². The summed E-state index contributed by atoms with van der Waals surface area (Å²) in [6.45, 7) is 2.57. The predicted octanol–water partition coefficient (Wildman–Crippen LogP) is 2.09. The van der Waals surface area contributed by atoms with Crippen LogP contribution in [0, 0.1) is 0 Å². The van der Waals surface area contributed by atoms with Gasteiger partial charge in [-0.1, -0.05) is 6.92 Å². The lowest BCUT2D eigenvalue weighted by Crippen LogP contribution is -2.34. The number of amides is 1. The zero-order chi connectivity index (χ0) is 15.5. The Hall–Kier alpha value is -2.11. The second-order valence-electron chi connectivity index (χ2n) is 5.94. The molecule has 0 fully saturated rings. The molecule has 0 aliphatic heterocycles. The van der Waals surface area contributed by atoms with Crippen LogP contribution >= 0.6 is 0 Å². The van der Waals surface area contributed by atoms with Crippen LogP contribution in [0.15, 0.2) is 18.5 Å². The third-order valence-corrected chi connectivity index (χ3v) is 4.42. The maximum absolute atomic E-state index is 12.7. The molecule has 1 aliphatic rings. The van der Waals surface area contributed by atoms with Gasteiger partial charge in [-0.3, -0.25) is 14.6 Å². The summed E-state index contributed by atoms with van der Waals surface area (Å²) in [5, 5.41) is 11.8. The zero-order valence-electron chi connectivity index (χ0n) is 13.2. The second-order valence-corrected chi connectivity index (χ2v) is 5.94. The van der Waals surface area contributed by atoms with E-state index in [-0.39, 0.29) is 11.9 Å². The first-order chi connectivity index (χ1) is 10.7. The SMILES string of the molecule is CCC(C(=O)N(C)Cc1n[nH]c2c1CCCC2)n1cccn1. The van der Waals surface area contributed by atoms with Gasteiger partial charge in [0.1, 0.15) is 6.04 Å². The molecule has 1 unspecified atom stereocenters. The number of fused-ring (bicyclic) bond motifs is 1. The third-order valence-electron chi connectivity index (χ3n) is 4.42. The van der Waals surface area contributed by atoms with E-state index in [9.17, 15) is 4.79 Å². The maximum atomic E-state index is 12.7. The first-order valence-corrected chi connectivity index (χ1v) is 7.99. The largest absolute Gasteiger partial charge is 0.338 e. The van der Waals surface area contributed by atoms with E-state index in [1.54, 1.807) is 15.8 Å². The molecule has 1 atom stereocenters. The summed E-state index contributed by atoms with van der Waals surface area (Å²) in [6.07, 6.45) is 8.85. The number of aromatic amines is 1. The molecule has 0 saturated heterocycles. The number of nitrogens with one attached hydrogen (secondary N) is 1. The molecule has 1 amide bonds. The minimum absolute atomic E-state index is 0.0822. The minimum Gasteiger partial charge on any atom is -0.338 e. The molecule has 3 rings (SSSR count). The number of aromatic nitrogens is 4. The molecule has 0 aromatic carbocycles. The van der Waals surface area contributed by atoms with E-state index in [0.29, 0.717) is 6.54 Å². The highest BCUT2D eigenvalue weighted by Gasteiger charge is 2.25. The second kappa shape index (κ2) is 6.34. The molecule has 2 aromatic heterocycles. The number of carbonyl (C=O) groups excluding carboxylic acids is 1. The fraction of sp³-hybridized carbons (Fsp3) is 0.562. The quantitative estimate of drug-likeness (QED) is 0.919. The number of carbonyl (C=O) groups is 1. The van der Waals surface area contributed by atoms with Crippen molar-refractivity contribution < 1.29 is 4.79 Å². The highest BCUT2D eigenvalue weighted by atomic mass is 16.2. The van der Waals surface area contributed by atoms with Crippen LogP contribution in [0.25, 0.3) is 0 Å². The summed E-state index contributed by atoms with van der Waals surface area (Å²) >= 11 is 0. The van der Waals surface area contributed by atoms with E-state index in [4.69, 9.17) is 0 Å². The van der Waals surface area contributed by atoms with E-state index in [2.05, 4.69) is 15.3 Å². The van der Waals surface area contributed by atoms with Crippen LogP contribution in [0.2, 0.25) is 0 Å². The van der Waals surface area contributed by atoms with Crippen molar-refractivity contribution in [3.8, 4) is 0 Å². The molecular formula is C16H23N5O. The van der Waals surface area contributed by atoms with Crippen molar-refractivity contribution in [2.75, 3.05) is 7.05 Å². The Morgan fingerprint density at radius 2 is 2.27 bits per heavy atom. The van der Waals surface area contributed by atoms with Crippen molar-refractivity contribution in [3.05, 3.63) is 35.4 Å². The van der Waals surface area contributed by atoms with Crippen LogP contribution in [-0.2, 0) is 24.2 Å². The highest BCUT2D eigenvalue weighted by molar-refractivity contribution is 5.80. The number of aryl methyl sites for hydroxylation is 1. The average molecular weight is 301 g/mol. The van der Waals surface area contributed by atoms with Crippen LogP contribution in [0.5, 0.6) is 0 Å². The van der Waals surface area contributed by atoms with Gasteiger partial charge >= 0.3 is 0 Å². The van der Waals surface area contributed by atoms with E-state index in [1.807, 2.05) is 26.2 Å². The third kappa shape index (κ3) is 2.77. The monoisotopic (exact) mass is 301 g/mol. The normalized spacial score (nSPS) is 15.4. The Morgan fingerprint density at radius 3 is 3.00 bits per heavy atom. The van der Waals surface area contributed by atoms with Gasteiger partial charge in [-0.05, 0) is 43.7 Å². The van der Waals surface area contributed by atoms with Crippen LogP contribution in [0.4, 0.5) is 0 Å². The van der Waals surface area contributed by atoms with E-state index >= 15 is 0 Å². The summed E-state index contributed by atoms with van der Waals surface area (Å²) < 4.78 is 1.73. The van der Waals surface area contributed by atoms with Crippen molar-refractivity contribution in [2.45, 2.75) is 51.6 Å². The van der Waals surface area contributed by atoms with Gasteiger partial charge in [0.15, 0.2) is 0 Å². The number of nitrogens with zero attached hydrogens (tertiary/aromatic N) is 4. The molecule has 0 bridgehead atoms. The fourth-order valence-corrected chi connectivity index (χ4v) is 3.18. The summed E-state index contributed by atoms with van der Waals surface area (Å²) in [6, 6.07) is 1.61. The average Bonchev–Trinajstić information content (AvgIpc) is 3.18. The Morgan fingerprint density at radius 1 is 1.45 bits per heavy atom. The van der Waals surface area contributed by atoms with Gasteiger partial charge < -0.3 is 4.90 Å². The first-order valence-electron chi connectivity index (χ1n) is 7.99. The smallest absolute Gasteiger partial charge is 0.247 e. The van der Waals surface area contributed by atoms with Crippen molar-refractivity contribution >= 4 is 5.91 Å². The van der Waals surface area contributed by atoms with E-state index < -0.39 is 0 Å². The molecule has 22 heavy (non-hydrogen) atoms. The van der Waals surface area contributed by atoms with Gasteiger partial charge in [0.2, 0.25) is 5.91 Å². The molecule has 2 aromatic rings. The number of rotatable bonds is 5. The Labute approximate surface area is 130 Å². The Balaban J connectivity index is 1.72. The first kappa shape index (κ1) is 14.8. The molecule has 6 nitrogen and oxygen atoms in total. The Bertz CT molecular complexity index is 631. The van der Waals surface area contributed by atoms with Gasteiger partial charge in [-0.25, -0.2) is 0 Å². The van der Waals surface area contributed by atoms with Gasteiger partial charge in [0.25, 0.3) is 0 Å². The molecule has 6 heteroatoms. The number of hydrogen-bond acceptors (Lipinski definition) is 3. The summed E-state index contributed by atoms with van der Waals surface area (Å²) in [5.74, 6) is 0.0822. The maximum Gasteiger partial charge on any atom is 0.247 e. The molecule has 0 spiro atoms. The molecule has 1 N–H and O–H groups in total. The molecule has 0 radical (unpaired) electrons. The zero-order valence-corrected chi connectivity index (χ0v) is 13.2. The lowest BCUT2D eigenvalue weighted by molar-refractivity contribution is -0.134.